The van der Waals surface area contributed by atoms with Gasteiger partial charge in [-0.3, -0.25) is 24.0 Å². The lowest BCUT2D eigenvalue weighted by Crippen LogP contribution is -2.58. The van der Waals surface area contributed by atoms with Crippen LogP contribution in [0.25, 0.3) is 32.8 Å². The van der Waals surface area contributed by atoms with Crippen LogP contribution in [0, 0.1) is 18.2 Å². The number of hydrogen-bond acceptors (Lipinski definition) is 16. The molecular weight excluding hydrogens is 1180 g/mol. The normalized spacial score (nSPS) is 15.2. The van der Waals surface area contributed by atoms with Crippen LogP contribution in [-0.2, 0) is 56.0 Å². The van der Waals surface area contributed by atoms with Crippen molar-refractivity contribution >= 4 is 46.6 Å². The number of halogens is 1. The van der Waals surface area contributed by atoms with Crippen LogP contribution in [-0.4, -0.2) is 174 Å². The Bertz CT molecular complexity index is 3250. The van der Waals surface area contributed by atoms with E-state index in [0.29, 0.717) is 85.8 Å². The third kappa shape index (κ3) is 20.8. The van der Waals surface area contributed by atoms with Gasteiger partial charge in [0, 0.05) is 43.0 Å². The molecule has 5 atom stereocenters. The Balaban J connectivity index is 0.758. The van der Waals surface area contributed by atoms with E-state index in [4.69, 9.17) is 33.5 Å². The summed E-state index contributed by atoms with van der Waals surface area (Å²) in [6.07, 6.45) is -3.61. The third-order valence-corrected chi connectivity index (χ3v) is 15.9. The van der Waals surface area contributed by atoms with Crippen molar-refractivity contribution in [2.75, 3.05) is 84.5 Å². The van der Waals surface area contributed by atoms with Crippen molar-refractivity contribution < 1.29 is 77.2 Å². The molecule has 6 aromatic rings. The van der Waals surface area contributed by atoms with Gasteiger partial charge in [-0.05, 0) is 102 Å². The number of carbonyl (C=O) groups excluding carboxylic acids is 4. The van der Waals surface area contributed by atoms with Gasteiger partial charge >= 0.3 is 5.97 Å². The number of anilines is 1. The number of ether oxygens (including phenoxy) is 6. The number of carboxylic acid groups (broad SMARTS) is 1. The number of carbonyl (C=O) groups is 5. The van der Waals surface area contributed by atoms with E-state index in [1.807, 2.05) is 101 Å². The smallest absolute Gasteiger partial charge is 0.305 e. The molecule has 21 nitrogen and oxygen atoms in total. The number of aromatic nitrogens is 2. The lowest BCUT2D eigenvalue weighted by Gasteiger charge is -2.35. The minimum atomic E-state index is -1.24. The van der Waals surface area contributed by atoms with Crippen molar-refractivity contribution in [3.05, 3.63) is 137 Å². The highest BCUT2D eigenvalue weighted by molar-refractivity contribution is 7.13. The molecule has 0 radical (unpaired) electrons. The molecule has 7 rings (SSSR count). The molecule has 4 aromatic carbocycles. The number of nitrogens with one attached hydrogen (secondary N) is 3. The average molecular weight is 1270 g/mol. The van der Waals surface area contributed by atoms with Crippen LogP contribution in [0.2, 0.25) is 0 Å². The van der Waals surface area contributed by atoms with E-state index < -0.39 is 65.8 Å². The second-order valence-electron chi connectivity index (χ2n) is 23.4. The topological polar surface area (TPSA) is 279 Å². The largest absolute Gasteiger partial charge is 0.491 e. The van der Waals surface area contributed by atoms with E-state index in [2.05, 4.69) is 20.9 Å². The van der Waals surface area contributed by atoms with Gasteiger partial charge in [-0.15, -0.1) is 11.3 Å². The number of thiazole rings is 1. The zero-order chi connectivity index (χ0) is 64.7. The standard InChI is InChI=1S/C67H85FN6O15S/c1-43(2)60-59(58(46-10-8-7-9-11-46)61(47-16-18-49(68)19-17-47)73(60)25-24-51(75)36-52(76)38-57(79)80)65(82)71-50-20-22-54(23-21-50)89-35-34-87-31-30-85-27-26-84-28-29-86-32-33-88-41-56(78)72-63(67(4,5)6)66(83)74-40-53(77)37-55(74)64(81)69-39-45-12-14-48(15-13-45)62-44(3)70-42-90-62/h7-23,42-43,51-53,55,63,75-77H,24-41H2,1-6H3,(H,69,81)(H,71,82)(H,72,78)(H,79,80)/t51?,52?,53-,55+,63?/m1/s1. The van der Waals surface area contributed by atoms with Gasteiger partial charge in [-0.2, -0.15) is 0 Å². The molecule has 3 heterocycles. The first-order chi connectivity index (χ1) is 43.2. The SMILES string of the molecule is Cc1ncsc1-c1ccc(CNC(=O)[C@@H]2C[C@@H](O)CN2C(=O)C(NC(=O)COCCOCCOCCOCCOCCOc2ccc(NC(=O)c3c(-c4ccccc4)c(-c4ccc(F)cc4)n(CCC(O)CC(O)CC(=O)O)c3C(C)C)cc2)C(C)(C)C)cc1. The van der Waals surface area contributed by atoms with Crippen molar-refractivity contribution in [1.29, 1.82) is 0 Å². The van der Waals surface area contributed by atoms with Crippen LogP contribution in [0.15, 0.2) is 109 Å². The number of aliphatic hydroxyl groups excluding tert-OH is 3. The molecule has 1 aliphatic rings. The van der Waals surface area contributed by atoms with E-state index in [0.717, 1.165) is 27.3 Å². The molecule has 0 aliphatic carbocycles. The number of β-amino-alcohol motifs (C(OH)–C–C–N with tert-alkyl or cyclic N) is 1. The molecule has 0 spiro atoms. The second kappa shape index (κ2) is 34.7. The molecule has 1 saturated heterocycles. The quantitative estimate of drug-likeness (QED) is 0.0183. The third-order valence-electron chi connectivity index (χ3n) is 14.9. The van der Waals surface area contributed by atoms with Crippen LogP contribution in [0.1, 0.15) is 93.5 Å². The first-order valence-corrected chi connectivity index (χ1v) is 31.2. The molecular formula is C67H85FN6O15S. The summed E-state index contributed by atoms with van der Waals surface area (Å²) in [5.74, 6) is -2.99. The molecule has 90 heavy (non-hydrogen) atoms. The lowest BCUT2D eigenvalue weighted by atomic mass is 9.85. The molecule has 7 N–H and O–H groups in total. The minimum absolute atomic E-state index is 0.0369. The molecule has 2 aromatic heterocycles. The van der Waals surface area contributed by atoms with Gasteiger partial charge in [-0.1, -0.05) is 89.2 Å². The lowest BCUT2D eigenvalue weighted by molar-refractivity contribution is -0.144. The maximum absolute atomic E-state index is 14.6. The Labute approximate surface area is 528 Å². The number of benzene rings is 4. The van der Waals surface area contributed by atoms with Gasteiger partial charge in [-0.25, -0.2) is 9.37 Å². The summed E-state index contributed by atoms with van der Waals surface area (Å²) in [6.45, 7) is 14.3. The van der Waals surface area contributed by atoms with Crippen molar-refractivity contribution in [3.8, 4) is 38.6 Å². The highest BCUT2D eigenvalue weighted by Crippen LogP contribution is 2.43. The molecule has 1 aliphatic heterocycles. The number of hydrogen-bond donors (Lipinski definition) is 7. The summed E-state index contributed by atoms with van der Waals surface area (Å²) in [4.78, 5) is 73.0. The van der Waals surface area contributed by atoms with Gasteiger partial charge < -0.3 is 74.3 Å². The Morgan fingerprint density at radius 3 is 1.93 bits per heavy atom. The Morgan fingerprint density at radius 2 is 1.36 bits per heavy atom. The highest BCUT2D eigenvalue weighted by Gasteiger charge is 2.44. The van der Waals surface area contributed by atoms with E-state index in [-0.39, 0.29) is 83.1 Å². The molecule has 1 fully saturated rings. The fourth-order valence-corrected chi connectivity index (χ4v) is 11.4. The van der Waals surface area contributed by atoms with Gasteiger partial charge in [0.25, 0.3) is 5.91 Å². The van der Waals surface area contributed by atoms with Crippen LogP contribution in [0.5, 0.6) is 5.75 Å². The molecule has 0 bridgehead atoms. The summed E-state index contributed by atoms with van der Waals surface area (Å²) < 4.78 is 50.2. The fourth-order valence-electron chi connectivity index (χ4n) is 10.6. The number of aliphatic hydroxyl groups is 3. The van der Waals surface area contributed by atoms with Gasteiger partial charge in [0.05, 0.1) is 112 Å². The first kappa shape index (κ1) is 70.0. The summed E-state index contributed by atoms with van der Waals surface area (Å²) in [6, 6.07) is 28.3. The van der Waals surface area contributed by atoms with Crippen LogP contribution < -0.4 is 20.7 Å². The zero-order valence-electron chi connectivity index (χ0n) is 52.0. The number of aliphatic carboxylic acids is 1. The predicted octanol–water partition coefficient (Wildman–Crippen LogP) is 8.02. The maximum atomic E-state index is 14.6. The first-order valence-electron chi connectivity index (χ1n) is 30.3. The number of amides is 4. The summed E-state index contributed by atoms with van der Waals surface area (Å²) in [5.41, 5.74) is 8.19. The fraction of sp³-hybridized carbons (Fsp3) is 0.463. The number of aryl methyl sites for hydroxylation is 1. The van der Waals surface area contributed by atoms with E-state index in [9.17, 15) is 43.7 Å². The van der Waals surface area contributed by atoms with Crippen molar-refractivity contribution in [1.82, 2.24) is 25.1 Å². The summed E-state index contributed by atoms with van der Waals surface area (Å²) in [5, 5.41) is 49.7. The molecule has 486 valence electrons. The predicted molar refractivity (Wildman–Crippen MR) is 338 cm³/mol. The number of likely N-dealkylation sites (tertiary alicyclic amines) is 1. The molecule has 0 saturated carbocycles. The molecule has 4 amide bonds. The van der Waals surface area contributed by atoms with Crippen molar-refractivity contribution in [2.45, 2.75) is 117 Å². The van der Waals surface area contributed by atoms with Crippen molar-refractivity contribution in [2.24, 2.45) is 5.41 Å². The van der Waals surface area contributed by atoms with E-state index in [1.54, 1.807) is 53.2 Å². The molecule has 23 heteroatoms. The second-order valence-corrected chi connectivity index (χ2v) is 24.2. The maximum Gasteiger partial charge on any atom is 0.305 e. The van der Waals surface area contributed by atoms with E-state index in [1.165, 1.54) is 17.0 Å². The Kier molecular flexibility index (Phi) is 27.0. The Morgan fingerprint density at radius 1 is 0.756 bits per heavy atom. The monoisotopic (exact) mass is 1260 g/mol. The van der Waals surface area contributed by atoms with Crippen LogP contribution in [0.4, 0.5) is 10.1 Å². The zero-order valence-corrected chi connectivity index (χ0v) is 52.8. The van der Waals surface area contributed by atoms with Crippen LogP contribution >= 0.6 is 11.3 Å². The van der Waals surface area contributed by atoms with E-state index >= 15 is 0 Å². The summed E-state index contributed by atoms with van der Waals surface area (Å²) >= 11 is 1.56. The minimum Gasteiger partial charge on any atom is -0.491 e. The average Bonchev–Trinajstić information content (AvgIpc) is 1.62. The number of rotatable bonds is 36. The van der Waals surface area contributed by atoms with Crippen molar-refractivity contribution in [3.63, 3.8) is 0 Å². The number of nitrogens with zero attached hydrogens (tertiary/aromatic N) is 3. The highest BCUT2D eigenvalue weighted by atomic mass is 32.1. The number of carboxylic acids is 1. The van der Waals surface area contributed by atoms with Gasteiger partial charge in [0.15, 0.2) is 0 Å². The van der Waals surface area contributed by atoms with Gasteiger partial charge in [0.2, 0.25) is 17.7 Å². The molecule has 3 unspecified atom stereocenters. The van der Waals surface area contributed by atoms with Gasteiger partial charge in [0.1, 0.15) is 36.9 Å². The summed E-state index contributed by atoms with van der Waals surface area (Å²) in [7, 11) is 0. The van der Waals surface area contributed by atoms with Crippen LogP contribution in [0.3, 0.4) is 0 Å². The Hall–Kier alpha value is -7.45.